The third kappa shape index (κ3) is 20.0. The smallest absolute Gasteiger partial charge is 0.325 e. The van der Waals surface area contributed by atoms with Crippen LogP contribution in [0.1, 0.15) is 49.3 Å². The molecule has 0 aliphatic heterocycles. The summed E-state index contributed by atoms with van der Waals surface area (Å²) in [6, 6.07) is 7.97. The van der Waals surface area contributed by atoms with Crippen LogP contribution >= 0.6 is 0 Å². The van der Waals surface area contributed by atoms with E-state index in [9.17, 15) is 78.3 Å². The molecule has 0 aliphatic carbocycles. The van der Waals surface area contributed by atoms with Gasteiger partial charge in [0.15, 0.2) is 0 Å². The number of carboxylic acids is 3. The minimum Gasteiger partial charge on any atom is -0.508 e. The molecule has 3 aromatic carbocycles. The van der Waals surface area contributed by atoms with Crippen molar-refractivity contribution in [2.24, 2.45) is 11.5 Å². The Bertz CT molecular complexity index is 2370. The van der Waals surface area contributed by atoms with Crippen molar-refractivity contribution in [3.05, 3.63) is 102 Å². The predicted molar refractivity (Wildman–Crippen MR) is 247 cm³/mol. The molecular weight excluding hydrogens is 935 g/mol. The van der Waals surface area contributed by atoms with Gasteiger partial charge in [-0.15, -0.1) is 0 Å². The number of phenols is 1. The van der Waals surface area contributed by atoms with Gasteiger partial charge in [0.1, 0.15) is 48.0 Å². The van der Waals surface area contributed by atoms with E-state index in [0.717, 1.165) is 0 Å². The summed E-state index contributed by atoms with van der Waals surface area (Å²) in [5, 5.41) is 64.8. The molecule has 0 fully saturated rings. The lowest BCUT2D eigenvalue weighted by Gasteiger charge is -2.27. The maximum atomic E-state index is 14.1. The standard InChI is InChI=1S/C46H57N9O16/c1-24(46(70)71)49-40(64)30(18-25-8-4-2-5-9-25)50-43(67)33(21-37(59)60)53-41(65)31(19-26-10-6-3-7-11-26)51-44(68)34(22-38(61)62)54-42(66)32(20-27-12-14-28(57)15-13-27)52-45(69)35(23-56)55-39(63)29(47)16-17-36(48)58/h2-15,24,29-35,56-57H,16-23,47H2,1H3,(H2,48,58)(H,49,64)(H,50,67)(H,51,68)(H,52,69)(H,53,65)(H,54,66)(H,55,63)(H,59,60)(H,61,62)(H,70,71)/t24-,29-,30-,31-,32-,33-,34-,35-/m0/s1. The van der Waals surface area contributed by atoms with Gasteiger partial charge in [-0.25, -0.2) is 0 Å². The average Bonchev–Trinajstić information content (AvgIpc) is 3.31. The Labute approximate surface area is 405 Å². The molecule has 3 aromatic rings. The maximum Gasteiger partial charge on any atom is 0.325 e. The zero-order chi connectivity index (χ0) is 52.8. The number of primary amides is 1. The molecule has 0 aliphatic rings. The minimum absolute atomic E-state index is 0.168. The first kappa shape index (κ1) is 56.9. The Morgan fingerprint density at radius 3 is 1.18 bits per heavy atom. The second kappa shape index (κ2) is 28.1. The minimum atomic E-state index is -2.01. The Morgan fingerprint density at radius 1 is 0.479 bits per heavy atom. The molecule has 0 bridgehead atoms. The predicted octanol–water partition coefficient (Wildman–Crippen LogP) is -3.55. The number of amides is 8. The van der Waals surface area contributed by atoms with Gasteiger partial charge in [0.25, 0.3) is 0 Å². The fourth-order valence-corrected chi connectivity index (χ4v) is 6.60. The van der Waals surface area contributed by atoms with Crippen LogP contribution in [0, 0.1) is 0 Å². The van der Waals surface area contributed by atoms with E-state index in [4.69, 9.17) is 11.5 Å². The topological polar surface area (TPSA) is 425 Å². The van der Waals surface area contributed by atoms with E-state index in [1.54, 1.807) is 60.7 Å². The zero-order valence-electron chi connectivity index (χ0n) is 38.2. The van der Waals surface area contributed by atoms with E-state index in [0.29, 0.717) is 16.7 Å². The van der Waals surface area contributed by atoms with E-state index >= 15 is 0 Å². The van der Waals surface area contributed by atoms with Gasteiger partial charge >= 0.3 is 17.9 Å². The number of hydrogen-bond donors (Lipinski definition) is 14. The molecule has 0 saturated carbocycles. The molecule has 8 amide bonds. The van der Waals surface area contributed by atoms with E-state index in [1.165, 1.54) is 31.2 Å². The van der Waals surface area contributed by atoms with Crippen molar-refractivity contribution < 1.29 is 78.3 Å². The molecular formula is C46H57N9O16. The normalized spacial score (nSPS) is 14.2. The number of benzene rings is 3. The highest BCUT2D eigenvalue weighted by atomic mass is 16.4. The van der Waals surface area contributed by atoms with Crippen LogP contribution in [0.4, 0.5) is 0 Å². The second-order valence-electron chi connectivity index (χ2n) is 16.2. The lowest BCUT2D eigenvalue weighted by molar-refractivity contribution is -0.143. The van der Waals surface area contributed by atoms with Gasteiger partial charge in [-0.05, 0) is 42.2 Å². The molecule has 0 unspecified atom stereocenters. The largest absolute Gasteiger partial charge is 0.508 e. The quantitative estimate of drug-likeness (QED) is 0.0320. The monoisotopic (exact) mass is 991 g/mol. The third-order valence-electron chi connectivity index (χ3n) is 10.4. The number of aliphatic hydroxyl groups excluding tert-OH is 1. The van der Waals surface area contributed by atoms with Crippen LogP contribution in [0.2, 0.25) is 0 Å². The van der Waals surface area contributed by atoms with Crippen molar-refractivity contribution in [2.45, 2.75) is 100 Å². The molecule has 0 heterocycles. The summed E-state index contributed by atoms with van der Waals surface area (Å²) in [7, 11) is 0. The number of carbonyl (C=O) groups is 11. The number of aliphatic hydroxyl groups is 1. The molecule has 25 heteroatoms. The van der Waals surface area contributed by atoms with Gasteiger partial charge < -0.3 is 74.2 Å². The molecule has 25 nitrogen and oxygen atoms in total. The van der Waals surface area contributed by atoms with Gasteiger partial charge in [-0.1, -0.05) is 72.8 Å². The van der Waals surface area contributed by atoms with Crippen molar-refractivity contribution in [3.63, 3.8) is 0 Å². The van der Waals surface area contributed by atoms with Crippen molar-refractivity contribution in [1.82, 2.24) is 37.2 Å². The number of rotatable bonds is 29. The molecule has 0 aromatic heterocycles. The molecule has 0 spiro atoms. The SMILES string of the molecule is C[C@H](NC(=O)[C@H](Cc1ccccc1)NC(=O)[C@H](CC(=O)O)NC(=O)[C@H](Cc1ccccc1)NC(=O)[C@H](CC(=O)O)NC(=O)[C@H](Cc1ccc(O)cc1)NC(=O)[C@H](CO)NC(=O)[C@@H](N)CCC(N)=O)C(=O)O. The summed E-state index contributed by atoms with van der Waals surface area (Å²) < 4.78 is 0. The van der Waals surface area contributed by atoms with Crippen LogP contribution in [0.25, 0.3) is 0 Å². The first-order valence-electron chi connectivity index (χ1n) is 21.9. The zero-order valence-corrected chi connectivity index (χ0v) is 38.2. The van der Waals surface area contributed by atoms with Gasteiger partial charge in [0, 0.05) is 25.7 Å². The summed E-state index contributed by atoms with van der Waals surface area (Å²) in [5.41, 5.74) is 12.1. The Morgan fingerprint density at radius 2 is 0.817 bits per heavy atom. The fourth-order valence-electron chi connectivity index (χ4n) is 6.60. The highest BCUT2D eigenvalue weighted by Gasteiger charge is 2.36. The van der Waals surface area contributed by atoms with Crippen LogP contribution in [-0.4, -0.2) is 146 Å². The second-order valence-corrected chi connectivity index (χ2v) is 16.2. The van der Waals surface area contributed by atoms with Crippen molar-refractivity contribution in [3.8, 4) is 5.75 Å². The van der Waals surface area contributed by atoms with Gasteiger partial charge in [-0.2, -0.15) is 0 Å². The number of phenolic OH excluding ortho intramolecular Hbond substituents is 1. The van der Waals surface area contributed by atoms with E-state index in [2.05, 4.69) is 37.2 Å². The van der Waals surface area contributed by atoms with Gasteiger partial charge in [0.05, 0.1) is 25.5 Å². The number of nitrogens with two attached hydrogens (primary N) is 2. The number of nitrogens with one attached hydrogen (secondary N) is 7. The maximum absolute atomic E-state index is 14.1. The van der Waals surface area contributed by atoms with Crippen LogP contribution < -0.4 is 48.7 Å². The van der Waals surface area contributed by atoms with Crippen molar-refractivity contribution in [1.29, 1.82) is 0 Å². The van der Waals surface area contributed by atoms with Crippen molar-refractivity contribution in [2.75, 3.05) is 6.61 Å². The molecule has 16 N–H and O–H groups in total. The Balaban J connectivity index is 1.94. The number of aromatic hydroxyl groups is 1. The molecule has 71 heavy (non-hydrogen) atoms. The number of aliphatic carboxylic acids is 3. The lowest BCUT2D eigenvalue weighted by atomic mass is 10.0. The number of hydrogen-bond acceptors (Lipinski definition) is 14. The molecule has 0 radical (unpaired) electrons. The van der Waals surface area contributed by atoms with Gasteiger partial charge in [-0.3, -0.25) is 52.7 Å². The highest BCUT2D eigenvalue weighted by Crippen LogP contribution is 2.13. The van der Waals surface area contributed by atoms with Crippen LogP contribution in [-0.2, 0) is 72.0 Å². The molecule has 382 valence electrons. The van der Waals surface area contributed by atoms with Crippen LogP contribution in [0.15, 0.2) is 84.9 Å². The summed E-state index contributed by atoms with van der Waals surface area (Å²) in [4.78, 5) is 142. The van der Waals surface area contributed by atoms with E-state index in [1.807, 2.05) is 0 Å². The summed E-state index contributed by atoms with van der Waals surface area (Å²) in [6.07, 6.45) is -3.62. The summed E-state index contributed by atoms with van der Waals surface area (Å²) >= 11 is 0. The highest BCUT2D eigenvalue weighted by molar-refractivity contribution is 5.99. The third-order valence-corrected chi connectivity index (χ3v) is 10.4. The molecule has 3 rings (SSSR count). The number of carboxylic acid groups (broad SMARTS) is 3. The van der Waals surface area contributed by atoms with Crippen LogP contribution in [0.5, 0.6) is 5.75 Å². The lowest BCUT2D eigenvalue weighted by Crippen LogP contribution is -2.61. The average molecular weight is 992 g/mol. The van der Waals surface area contributed by atoms with Crippen molar-refractivity contribution >= 4 is 65.2 Å². The summed E-state index contributed by atoms with van der Waals surface area (Å²) in [5.74, 6) is -13.5. The Kier molecular flexibility index (Phi) is 22.5. The Hall–Kier alpha value is -8.45. The van der Waals surface area contributed by atoms with Gasteiger partial charge in [0.2, 0.25) is 47.3 Å². The number of carbonyl (C=O) groups excluding carboxylic acids is 8. The van der Waals surface area contributed by atoms with E-state index in [-0.39, 0.29) is 37.9 Å². The molecule has 8 atom stereocenters. The van der Waals surface area contributed by atoms with E-state index < -0.39 is 133 Å². The summed E-state index contributed by atoms with van der Waals surface area (Å²) in [6.45, 7) is 0.151. The first-order chi connectivity index (χ1) is 33.6. The molecule has 0 saturated heterocycles. The van der Waals surface area contributed by atoms with Crippen LogP contribution in [0.3, 0.4) is 0 Å². The first-order valence-corrected chi connectivity index (χ1v) is 21.9. The fraction of sp³-hybridized carbons (Fsp3) is 0.370.